The van der Waals surface area contributed by atoms with E-state index in [-0.39, 0.29) is 6.61 Å². The Bertz CT molecular complexity index is 613. The normalized spacial score (nSPS) is 10.3. The van der Waals surface area contributed by atoms with Crippen LogP contribution in [0.1, 0.15) is 5.69 Å². The molecular formula is C13H13Br2N3O2. The summed E-state index contributed by atoms with van der Waals surface area (Å²) >= 11 is 6.72. The van der Waals surface area contributed by atoms with Crippen molar-refractivity contribution in [3.63, 3.8) is 0 Å². The van der Waals surface area contributed by atoms with Crippen molar-refractivity contribution in [2.75, 3.05) is 11.9 Å². The van der Waals surface area contributed by atoms with Crippen LogP contribution in [-0.4, -0.2) is 22.5 Å². The van der Waals surface area contributed by atoms with Gasteiger partial charge in [-0.1, -0.05) is 15.9 Å². The van der Waals surface area contributed by atoms with Gasteiger partial charge in [0.1, 0.15) is 6.61 Å². The zero-order chi connectivity index (χ0) is 14.5. The molecule has 0 atom stereocenters. The van der Waals surface area contributed by atoms with E-state index in [0.29, 0.717) is 12.2 Å². The van der Waals surface area contributed by atoms with Crippen molar-refractivity contribution >= 4 is 43.6 Å². The number of hydrogen-bond acceptors (Lipinski definition) is 3. The largest absolute Gasteiger partial charge is 0.447 e. The molecule has 0 saturated heterocycles. The zero-order valence-electron chi connectivity index (χ0n) is 10.8. The second-order valence-electron chi connectivity index (χ2n) is 4.11. The predicted molar refractivity (Wildman–Crippen MR) is 83.8 cm³/mol. The molecule has 106 valence electrons. The van der Waals surface area contributed by atoms with Gasteiger partial charge in [0.05, 0.1) is 17.9 Å². The molecule has 0 fully saturated rings. The number of benzene rings is 1. The maximum Gasteiger partial charge on any atom is 0.411 e. The second-order valence-corrected chi connectivity index (χ2v) is 5.88. The fourth-order valence-electron chi connectivity index (χ4n) is 1.56. The summed E-state index contributed by atoms with van der Waals surface area (Å²) in [7, 11) is 0. The van der Waals surface area contributed by atoms with Crippen LogP contribution in [-0.2, 0) is 11.3 Å². The number of nitrogens with one attached hydrogen (secondary N) is 1. The lowest BCUT2D eigenvalue weighted by Gasteiger charge is -2.09. The van der Waals surface area contributed by atoms with Gasteiger partial charge in [-0.05, 0) is 47.1 Å². The Morgan fingerprint density at radius 1 is 1.40 bits per heavy atom. The highest BCUT2D eigenvalue weighted by Gasteiger charge is 2.07. The van der Waals surface area contributed by atoms with Crippen LogP contribution in [0.15, 0.2) is 39.4 Å². The Hall–Kier alpha value is -1.34. The van der Waals surface area contributed by atoms with Gasteiger partial charge in [-0.3, -0.25) is 10.00 Å². The molecule has 1 amide bonds. The van der Waals surface area contributed by atoms with Crippen molar-refractivity contribution in [3.05, 3.63) is 45.1 Å². The molecule has 0 spiro atoms. The number of aryl methyl sites for hydroxylation is 1. The fourth-order valence-corrected chi connectivity index (χ4v) is 2.70. The number of carbonyl (C=O) groups excluding carboxylic acids is 1. The van der Waals surface area contributed by atoms with Crippen LogP contribution in [0.2, 0.25) is 0 Å². The van der Waals surface area contributed by atoms with E-state index < -0.39 is 6.09 Å². The monoisotopic (exact) mass is 401 g/mol. The van der Waals surface area contributed by atoms with Gasteiger partial charge in [0.2, 0.25) is 0 Å². The van der Waals surface area contributed by atoms with Crippen molar-refractivity contribution < 1.29 is 9.53 Å². The third-order valence-corrected chi connectivity index (χ3v) is 3.64. The van der Waals surface area contributed by atoms with Crippen LogP contribution in [0.25, 0.3) is 0 Å². The number of halogens is 2. The van der Waals surface area contributed by atoms with E-state index in [1.165, 1.54) is 0 Å². The number of rotatable bonds is 4. The van der Waals surface area contributed by atoms with Gasteiger partial charge >= 0.3 is 6.09 Å². The molecule has 0 unspecified atom stereocenters. The van der Waals surface area contributed by atoms with E-state index in [1.807, 2.05) is 31.3 Å². The smallest absolute Gasteiger partial charge is 0.411 e. The Kier molecular flexibility index (Phi) is 5.19. The van der Waals surface area contributed by atoms with Crippen LogP contribution in [0.4, 0.5) is 10.5 Å². The summed E-state index contributed by atoms with van der Waals surface area (Å²) < 4.78 is 8.55. The first-order valence-electron chi connectivity index (χ1n) is 5.93. The van der Waals surface area contributed by atoms with Crippen molar-refractivity contribution in [1.82, 2.24) is 9.78 Å². The number of anilines is 1. The van der Waals surface area contributed by atoms with Crippen molar-refractivity contribution in [3.8, 4) is 0 Å². The highest BCUT2D eigenvalue weighted by Crippen LogP contribution is 2.26. The topological polar surface area (TPSA) is 56.1 Å². The molecule has 2 rings (SSSR count). The quantitative estimate of drug-likeness (QED) is 0.841. The molecule has 5 nitrogen and oxygen atoms in total. The number of hydrogen-bond donors (Lipinski definition) is 1. The van der Waals surface area contributed by atoms with Gasteiger partial charge < -0.3 is 4.74 Å². The summed E-state index contributed by atoms with van der Waals surface area (Å²) in [6, 6.07) is 7.38. The van der Waals surface area contributed by atoms with E-state index in [4.69, 9.17) is 4.74 Å². The van der Waals surface area contributed by atoms with Gasteiger partial charge in [-0.2, -0.15) is 5.10 Å². The van der Waals surface area contributed by atoms with E-state index in [0.717, 1.165) is 14.6 Å². The SMILES string of the molecule is Cc1ccn(CCOC(=O)Nc2ccc(Br)cc2Br)n1. The summed E-state index contributed by atoms with van der Waals surface area (Å²) in [4.78, 5) is 11.6. The van der Waals surface area contributed by atoms with E-state index in [2.05, 4.69) is 42.3 Å². The summed E-state index contributed by atoms with van der Waals surface area (Å²) in [6.07, 6.45) is 1.36. The maximum absolute atomic E-state index is 11.6. The highest BCUT2D eigenvalue weighted by atomic mass is 79.9. The minimum absolute atomic E-state index is 0.265. The summed E-state index contributed by atoms with van der Waals surface area (Å²) in [5.74, 6) is 0. The number of aromatic nitrogens is 2. The molecule has 20 heavy (non-hydrogen) atoms. The van der Waals surface area contributed by atoms with Crippen LogP contribution in [0, 0.1) is 6.92 Å². The van der Waals surface area contributed by atoms with Crippen LogP contribution in [0.3, 0.4) is 0 Å². The number of nitrogens with zero attached hydrogens (tertiary/aromatic N) is 2. The van der Waals surface area contributed by atoms with E-state index in [9.17, 15) is 4.79 Å². The van der Waals surface area contributed by atoms with Gasteiger partial charge in [-0.25, -0.2) is 4.79 Å². The average Bonchev–Trinajstić information content (AvgIpc) is 2.79. The molecule has 2 aromatic rings. The molecule has 0 aliphatic heterocycles. The second kappa shape index (κ2) is 6.90. The third-order valence-electron chi connectivity index (χ3n) is 2.50. The van der Waals surface area contributed by atoms with Crippen molar-refractivity contribution in [1.29, 1.82) is 0 Å². The van der Waals surface area contributed by atoms with Crippen molar-refractivity contribution in [2.24, 2.45) is 0 Å². The van der Waals surface area contributed by atoms with Gasteiger partial charge in [0.25, 0.3) is 0 Å². The Morgan fingerprint density at radius 2 is 2.20 bits per heavy atom. The predicted octanol–water partition coefficient (Wildman–Crippen LogP) is 3.97. The van der Waals surface area contributed by atoms with Crippen LogP contribution < -0.4 is 5.32 Å². The first kappa shape index (κ1) is 15.1. The minimum atomic E-state index is -0.489. The number of amides is 1. The Balaban J connectivity index is 1.80. The molecule has 0 saturated carbocycles. The first-order chi connectivity index (χ1) is 9.54. The van der Waals surface area contributed by atoms with E-state index >= 15 is 0 Å². The van der Waals surface area contributed by atoms with Crippen LogP contribution >= 0.6 is 31.9 Å². The molecule has 1 N–H and O–H groups in total. The van der Waals surface area contributed by atoms with Gasteiger partial charge in [0, 0.05) is 15.1 Å². The van der Waals surface area contributed by atoms with Crippen LogP contribution in [0.5, 0.6) is 0 Å². The molecule has 0 aliphatic rings. The molecule has 1 aromatic carbocycles. The molecular weight excluding hydrogens is 390 g/mol. The molecule has 1 heterocycles. The molecule has 1 aromatic heterocycles. The number of ether oxygens (including phenoxy) is 1. The third kappa shape index (κ3) is 4.35. The van der Waals surface area contributed by atoms with E-state index in [1.54, 1.807) is 10.7 Å². The average molecular weight is 403 g/mol. The van der Waals surface area contributed by atoms with Gasteiger partial charge in [-0.15, -0.1) is 0 Å². The molecule has 0 radical (unpaired) electrons. The molecule has 0 bridgehead atoms. The standard InChI is InChI=1S/C13H13Br2N3O2/c1-9-4-5-18(17-9)6-7-20-13(19)16-12-3-2-10(14)8-11(12)15/h2-5,8H,6-7H2,1H3,(H,16,19). The Labute approximate surface area is 133 Å². The summed E-state index contributed by atoms with van der Waals surface area (Å²) in [5.41, 5.74) is 1.60. The minimum Gasteiger partial charge on any atom is -0.447 e. The summed E-state index contributed by atoms with van der Waals surface area (Å²) in [5, 5.41) is 6.88. The zero-order valence-corrected chi connectivity index (χ0v) is 13.9. The van der Waals surface area contributed by atoms with Gasteiger partial charge in [0.15, 0.2) is 0 Å². The first-order valence-corrected chi connectivity index (χ1v) is 7.52. The molecule has 0 aliphatic carbocycles. The lowest BCUT2D eigenvalue weighted by Crippen LogP contribution is -2.17. The lowest BCUT2D eigenvalue weighted by molar-refractivity contribution is 0.155. The number of carbonyl (C=O) groups is 1. The maximum atomic E-state index is 11.6. The summed E-state index contributed by atoms with van der Waals surface area (Å²) in [6.45, 7) is 2.71. The van der Waals surface area contributed by atoms with Crippen molar-refractivity contribution in [2.45, 2.75) is 13.5 Å². The fraction of sp³-hybridized carbons (Fsp3) is 0.231. The lowest BCUT2D eigenvalue weighted by atomic mass is 10.3. The highest BCUT2D eigenvalue weighted by molar-refractivity contribution is 9.11. The Morgan fingerprint density at radius 3 is 2.85 bits per heavy atom. The molecule has 7 heteroatoms.